The number of carbonyl (C=O) groups excluding carboxylic acids is 1. The Labute approximate surface area is 157 Å². The Bertz CT molecular complexity index is 892. The molecule has 3 aromatic rings. The van der Waals surface area contributed by atoms with Crippen molar-refractivity contribution in [1.82, 2.24) is 20.1 Å². The van der Waals surface area contributed by atoms with Crippen molar-refractivity contribution in [2.45, 2.75) is 18.8 Å². The summed E-state index contributed by atoms with van der Waals surface area (Å²) in [7, 11) is 0. The van der Waals surface area contributed by atoms with Gasteiger partial charge in [-0.3, -0.25) is 14.9 Å². The number of likely N-dealkylation sites (tertiary alicyclic amines) is 1. The van der Waals surface area contributed by atoms with Crippen LogP contribution in [0.4, 0.5) is 0 Å². The Kier molecular flexibility index (Phi) is 4.71. The lowest BCUT2D eigenvalue weighted by Gasteiger charge is -2.32. The number of benzene rings is 1. The molecule has 0 radical (unpaired) electrons. The Morgan fingerprint density at radius 3 is 2.92 bits per heavy atom. The van der Waals surface area contributed by atoms with Crippen molar-refractivity contribution < 1.29 is 4.79 Å². The van der Waals surface area contributed by atoms with E-state index in [-0.39, 0.29) is 5.91 Å². The molecule has 1 N–H and O–H groups in total. The van der Waals surface area contributed by atoms with Gasteiger partial charge in [0.1, 0.15) is 0 Å². The third-order valence-corrected chi connectivity index (χ3v) is 5.03. The van der Waals surface area contributed by atoms with Crippen LogP contribution in [0, 0.1) is 0 Å². The lowest BCUT2D eigenvalue weighted by molar-refractivity contribution is 0.0706. The number of piperidine rings is 1. The summed E-state index contributed by atoms with van der Waals surface area (Å²) in [5.41, 5.74) is 3.50. The molecule has 132 valence electrons. The summed E-state index contributed by atoms with van der Waals surface area (Å²) < 4.78 is 0. The van der Waals surface area contributed by atoms with Gasteiger partial charge in [-0.25, -0.2) is 0 Å². The molecule has 1 amide bonds. The fraction of sp³-hybridized carbons (Fsp3) is 0.250. The Morgan fingerprint density at radius 2 is 2.15 bits per heavy atom. The molecule has 1 fully saturated rings. The maximum absolute atomic E-state index is 13.0. The largest absolute Gasteiger partial charge is 0.338 e. The number of pyridine rings is 1. The molecule has 1 aliphatic heterocycles. The second-order valence-electron chi connectivity index (χ2n) is 6.54. The number of carbonyl (C=O) groups is 1. The highest BCUT2D eigenvalue weighted by Gasteiger charge is 2.26. The van der Waals surface area contributed by atoms with Crippen LogP contribution in [0.1, 0.15) is 34.8 Å². The van der Waals surface area contributed by atoms with Crippen LogP contribution in [0.5, 0.6) is 0 Å². The molecule has 0 spiro atoms. The smallest absolute Gasteiger partial charge is 0.253 e. The number of amides is 1. The molecule has 3 heterocycles. The number of H-pyrrole nitrogens is 1. The van der Waals surface area contributed by atoms with Gasteiger partial charge in [0, 0.05) is 48.2 Å². The van der Waals surface area contributed by atoms with E-state index in [1.165, 1.54) is 0 Å². The Morgan fingerprint density at radius 1 is 1.23 bits per heavy atom. The SMILES string of the molecule is O=C(c1cccc(-c2ccc(Cl)cn2)c1)N1CCCC(c2ccn[nH]2)C1. The third kappa shape index (κ3) is 3.48. The molecule has 5 nitrogen and oxygen atoms in total. The van der Waals surface area contributed by atoms with Crippen molar-refractivity contribution in [3.63, 3.8) is 0 Å². The second kappa shape index (κ2) is 7.30. The van der Waals surface area contributed by atoms with E-state index in [0.717, 1.165) is 36.3 Å². The topological polar surface area (TPSA) is 61.9 Å². The number of nitrogens with one attached hydrogen (secondary N) is 1. The zero-order valence-corrected chi connectivity index (χ0v) is 15.0. The number of aromatic nitrogens is 3. The predicted octanol–water partition coefficient (Wildman–Crippen LogP) is 4.14. The van der Waals surface area contributed by atoms with E-state index in [1.807, 2.05) is 41.3 Å². The van der Waals surface area contributed by atoms with Crippen LogP contribution in [-0.2, 0) is 0 Å². The number of nitrogens with zero attached hydrogens (tertiary/aromatic N) is 3. The first-order valence-corrected chi connectivity index (χ1v) is 9.09. The van der Waals surface area contributed by atoms with Crippen molar-refractivity contribution in [3.8, 4) is 11.3 Å². The average molecular weight is 367 g/mol. The lowest BCUT2D eigenvalue weighted by Crippen LogP contribution is -2.39. The Hall–Kier alpha value is -2.66. The zero-order valence-electron chi connectivity index (χ0n) is 14.2. The third-order valence-electron chi connectivity index (χ3n) is 4.80. The van der Waals surface area contributed by atoms with Crippen molar-refractivity contribution in [2.24, 2.45) is 0 Å². The summed E-state index contributed by atoms with van der Waals surface area (Å²) in [4.78, 5) is 19.3. The van der Waals surface area contributed by atoms with Gasteiger partial charge in [0.15, 0.2) is 0 Å². The van der Waals surface area contributed by atoms with Crippen LogP contribution in [-0.4, -0.2) is 39.1 Å². The van der Waals surface area contributed by atoms with E-state index in [4.69, 9.17) is 11.6 Å². The fourth-order valence-corrected chi connectivity index (χ4v) is 3.56. The summed E-state index contributed by atoms with van der Waals surface area (Å²) in [6, 6.07) is 13.3. The van der Waals surface area contributed by atoms with Crippen LogP contribution in [0.2, 0.25) is 5.02 Å². The molecule has 1 saturated heterocycles. The highest BCUT2D eigenvalue weighted by atomic mass is 35.5. The van der Waals surface area contributed by atoms with Crippen molar-refractivity contribution in [3.05, 3.63) is 71.1 Å². The van der Waals surface area contributed by atoms with Crippen molar-refractivity contribution >= 4 is 17.5 Å². The molecule has 0 saturated carbocycles. The van der Waals surface area contributed by atoms with Crippen LogP contribution < -0.4 is 0 Å². The first-order chi connectivity index (χ1) is 12.7. The highest BCUT2D eigenvalue weighted by molar-refractivity contribution is 6.30. The summed E-state index contributed by atoms with van der Waals surface area (Å²) >= 11 is 5.91. The van der Waals surface area contributed by atoms with Gasteiger partial charge < -0.3 is 4.90 Å². The molecule has 2 aromatic heterocycles. The van der Waals surface area contributed by atoms with Crippen LogP contribution >= 0.6 is 11.6 Å². The van der Waals surface area contributed by atoms with E-state index >= 15 is 0 Å². The number of rotatable bonds is 3. The molecule has 6 heteroatoms. The maximum atomic E-state index is 13.0. The number of hydrogen-bond acceptors (Lipinski definition) is 3. The van der Waals surface area contributed by atoms with E-state index in [2.05, 4.69) is 15.2 Å². The minimum absolute atomic E-state index is 0.0602. The number of hydrogen-bond donors (Lipinski definition) is 1. The van der Waals surface area contributed by atoms with Crippen molar-refractivity contribution in [2.75, 3.05) is 13.1 Å². The predicted molar refractivity (Wildman–Crippen MR) is 101 cm³/mol. The zero-order chi connectivity index (χ0) is 17.9. The standard InChI is InChI=1S/C20H19ClN4O/c21-17-6-7-18(22-12-17)14-3-1-4-15(11-14)20(26)25-10-2-5-16(13-25)19-8-9-23-24-19/h1,3-4,6-9,11-12,16H,2,5,10,13H2,(H,23,24). The first-order valence-electron chi connectivity index (χ1n) is 8.71. The minimum Gasteiger partial charge on any atom is -0.338 e. The molecule has 1 aromatic carbocycles. The molecule has 1 atom stereocenters. The molecule has 1 aliphatic rings. The summed E-state index contributed by atoms with van der Waals surface area (Å²) in [5.74, 6) is 0.376. The average Bonchev–Trinajstić information content (AvgIpc) is 3.23. The first kappa shape index (κ1) is 16.8. The van der Waals surface area contributed by atoms with E-state index in [1.54, 1.807) is 18.5 Å². The Balaban J connectivity index is 1.54. The van der Waals surface area contributed by atoms with Crippen LogP contribution in [0.25, 0.3) is 11.3 Å². The van der Waals surface area contributed by atoms with E-state index in [0.29, 0.717) is 23.0 Å². The molecule has 0 bridgehead atoms. The fourth-order valence-electron chi connectivity index (χ4n) is 3.45. The minimum atomic E-state index is 0.0602. The summed E-state index contributed by atoms with van der Waals surface area (Å²) in [5, 5.41) is 7.66. The van der Waals surface area contributed by atoms with Crippen LogP contribution in [0.3, 0.4) is 0 Å². The van der Waals surface area contributed by atoms with E-state index in [9.17, 15) is 4.79 Å². The normalized spacial score (nSPS) is 17.3. The summed E-state index contributed by atoms with van der Waals surface area (Å²) in [6.45, 7) is 1.50. The summed E-state index contributed by atoms with van der Waals surface area (Å²) in [6.07, 6.45) is 5.44. The van der Waals surface area contributed by atoms with E-state index < -0.39 is 0 Å². The lowest BCUT2D eigenvalue weighted by atomic mass is 9.94. The number of aromatic amines is 1. The monoisotopic (exact) mass is 366 g/mol. The second-order valence-corrected chi connectivity index (χ2v) is 6.98. The van der Waals surface area contributed by atoms with Gasteiger partial charge in [-0.15, -0.1) is 0 Å². The van der Waals surface area contributed by atoms with Crippen molar-refractivity contribution in [1.29, 1.82) is 0 Å². The number of halogens is 1. The van der Waals surface area contributed by atoms with Gasteiger partial charge in [0.2, 0.25) is 0 Å². The molecule has 4 rings (SSSR count). The maximum Gasteiger partial charge on any atom is 0.253 e. The molecular formula is C20H19ClN4O. The molecule has 1 unspecified atom stereocenters. The molecule has 26 heavy (non-hydrogen) atoms. The van der Waals surface area contributed by atoms with Gasteiger partial charge in [-0.2, -0.15) is 5.10 Å². The van der Waals surface area contributed by atoms with Gasteiger partial charge in [-0.05, 0) is 43.2 Å². The quantitative estimate of drug-likeness (QED) is 0.757. The van der Waals surface area contributed by atoms with Gasteiger partial charge in [-0.1, -0.05) is 23.7 Å². The van der Waals surface area contributed by atoms with Gasteiger partial charge in [0.05, 0.1) is 10.7 Å². The molecule has 0 aliphatic carbocycles. The van der Waals surface area contributed by atoms with Gasteiger partial charge in [0.25, 0.3) is 5.91 Å². The molecular weight excluding hydrogens is 348 g/mol. The van der Waals surface area contributed by atoms with Gasteiger partial charge >= 0.3 is 0 Å². The highest BCUT2D eigenvalue weighted by Crippen LogP contribution is 2.27. The van der Waals surface area contributed by atoms with Crippen LogP contribution in [0.15, 0.2) is 54.9 Å².